The third-order valence-electron chi connectivity index (χ3n) is 7.05. The van der Waals surface area contributed by atoms with Gasteiger partial charge in [0.05, 0.1) is 16.8 Å². The number of hydrogen-bond donors (Lipinski definition) is 2. The van der Waals surface area contributed by atoms with Gasteiger partial charge in [-0.3, -0.25) is 4.40 Å². The van der Waals surface area contributed by atoms with E-state index < -0.39 is 11.1 Å². The smallest absolute Gasteiger partial charge is 0.206 e. The van der Waals surface area contributed by atoms with Crippen molar-refractivity contribution in [1.82, 2.24) is 29.5 Å². The summed E-state index contributed by atoms with van der Waals surface area (Å²) in [5.41, 5.74) is 10.9. The van der Waals surface area contributed by atoms with Gasteiger partial charge in [-0.05, 0) is 55.0 Å². The topological polar surface area (TPSA) is 115 Å². The van der Waals surface area contributed by atoms with E-state index >= 15 is 0 Å². The molecule has 1 aliphatic carbocycles. The lowest BCUT2D eigenvalue weighted by molar-refractivity contribution is -0.0738. The molecule has 1 aromatic carbocycles. The second-order valence-corrected chi connectivity index (χ2v) is 10.9. The summed E-state index contributed by atoms with van der Waals surface area (Å²) < 4.78 is 1.90. The Morgan fingerprint density at radius 3 is 2.49 bits per heavy atom. The van der Waals surface area contributed by atoms with E-state index in [1.54, 1.807) is 29.8 Å². The molecule has 0 radical (unpaired) electrons. The van der Waals surface area contributed by atoms with E-state index in [2.05, 4.69) is 61.9 Å². The largest absolute Gasteiger partial charge is 0.390 e. The first-order valence-electron chi connectivity index (χ1n) is 12.0. The summed E-state index contributed by atoms with van der Waals surface area (Å²) in [5, 5.41) is 22.0. The van der Waals surface area contributed by atoms with Crippen molar-refractivity contribution in [3.05, 3.63) is 84.1 Å². The SMILES string of the molecule is C[C@]1(O)C[C@@](N)(c2ccc(-c3nc4ccn5c(-c6ncccn6)nnc5c4cc3-c3cccs3)cc2)C1. The predicted molar refractivity (Wildman–Crippen MR) is 144 cm³/mol. The number of nitrogens with zero attached hydrogens (tertiary/aromatic N) is 6. The molecule has 1 aliphatic rings. The average Bonchev–Trinajstić information content (AvgIpc) is 3.58. The van der Waals surface area contributed by atoms with Gasteiger partial charge in [0.25, 0.3) is 0 Å². The van der Waals surface area contributed by atoms with Crippen LogP contribution in [-0.4, -0.2) is 40.3 Å². The van der Waals surface area contributed by atoms with Crippen molar-refractivity contribution in [3.8, 4) is 33.3 Å². The Bertz CT molecular complexity index is 1750. The van der Waals surface area contributed by atoms with Crippen LogP contribution in [0.3, 0.4) is 0 Å². The molecule has 0 unspecified atom stereocenters. The minimum Gasteiger partial charge on any atom is -0.390 e. The first-order valence-corrected chi connectivity index (χ1v) is 12.9. The molecular formula is C28H23N7OS. The Morgan fingerprint density at radius 2 is 1.78 bits per heavy atom. The lowest BCUT2D eigenvalue weighted by Crippen LogP contribution is -2.58. The highest BCUT2D eigenvalue weighted by atomic mass is 32.1. The Balaban J connectivity index is 1.37. The molecule has 1 fully saturated rings. The average molecular weight is 506 g/mol. The molecule has 0 amide bonds. The zero-order chi connectivity index (χ0) is 25.2. The van der Waals surface area contributed by atoms with E-state index in [0.29, 0.717) is 30.1 Å². The van der Waals surface area contributed by atoms with Crippen LogP contribution in [0.4, 0.5) is 0 Å². The zero-order valence-electron chi connectivity index (χ0n) is 20.0. The van der Waals surface area contributed by atoms with Crippen molar-refractivity contribution in [2.45, 2.75) is 30.9 Å². The highest BCUT2D eigenvalue weighted by molar-refractivity contribution is 7.13. The van der Waals surface area contributed by atoms with Gasteiger partial charge < -0.3 is 10.8 Å². The highest BCUT2D eigenvalue weighted by Gasteiger charge is 2.49. The number of benzene rings is 1. The van der Waals surface area contributed by atoms with E-state index in [1.807, 2.05) is 29.7 Å². The number of nitrogens with two attached hydrogens (primary N) is 1. The molecule has 0 spiro atoms. The van der Waals surface area contributed by atoms with Gasteiger partial charge in [-0.15, -0.1) is 21.5 Å². The number of thiophene rings is 1. The quantitative estimate of drug-likeness (QED) is 0.353. The van der Waals surface area contributed by atoms with Gasteiger partial charge in [-0.1, -0.05) is 30.3 Å². The van der Waals surface area contributed by atoms with Crippen LogP contribution in [0.15, 0.2) is 78.6 Å². The first-order chi connectivity index (χ1) is 17.9. The van der Waals surface area contributed by atoms with E-state index in [1.165, 1.54) is 0 Å². The molecule has 0 atom stereocenters. The third kappa shape index (κ3) is 3.62. The summed E-state index contributed by atoms with van der Waals surface area (Å²) in [7, 11) is 0. The van der Waals surface area contributed by atoms with Crippen LogP contribution < -0.4 is 5.73 Å². The Morgan fingerprint density at radius 1 is 1.00 bits per heavy atom. The molecule has 182 valence electrons. The Labute approximate surface area is 216 Å². The molecule has 8 nitrogen and oxygen atoms in total. The summed E-state index contributed by atoms with van der Waals surface area (Å²) in [6.45, 7) is 1.83. The van der Waals surface area contributed by atoms with E-state index in [4.69, 9.17) is 10.7 Å². The maximum atomic E-state index is 10.2. The molecule has 3 N–H and O–H groups in total. The second kappa shape index (κ2) is 7.97. The number of aromatic nitrogens is 6. The molecule has 7 rings (SSSR count). The Hall–Kier alpha value is -4.05. The van der Waals surface area contributed by atoms with E-state index in [9.17, 15) is 5.11 Å². The predicted octanol–water partition coefficient (Wildman–Crippen LogP) is 4.83. The lowest BCUT2D eigenvalue weighted by atomic mass is 9.63. The maximum absolute atomic E-state index is 10.2. The maximum Gasteiger partial charge on any atom is 0.206 e. The molecular weight excluding hydrogens is 482 g/mol. The normalized spacial score (nSPS) is 21.4. The van der Waals surface area contributed by atoms with Crippen LogP contribution in [-0.2, 0) is 5.54 Å². The summed E-state index contributed by atoms with van der Waals surface area (Å²) in [5.74, 6) is 1.10. The van der Waals surface area contributed by atoms with Crippen molar-refractivity contribution < 1.29 is 5.11 Å². The van der Waals surface area contributed by atoms with Gasteiger partial charge in [0.2, 0.25) is 5.82 Å². The van der Waals surface area contributed by atoms with Gasteiger partial charge in [-0.25, -0.2) is 15.0 Å². The number of aliphatic hydroxyl groups is 1. The Kier molecular flexibility index (Phi) is 4.78. The lowest BCUT2D eigenvalue weighted by Gasteiger charge is -2.49. The molecule has 0 saturated heterocycles. The van der Waals surface area contributed by atoms with Crippen molar-refractivity contribution in [2.75, 3.05) is 0 Å². The molecule has 6 aromatic rings. The second-order valence-electron chi connectivity index (χ2n) is 9.98. The summed E-state index contributed by atoms with van der Waals surface area (Å²) in [6, 6.07) is 18.3. The van der Waals surface area contributed by atoms with Gasteiger partial charge in [0, 0.05) is 45.5 Å². The van der Waals surface area contributed by atoms with Gasteiger partial charge in [0.1, 0.15) is 0 Å². The van der Waals surface area contributed by atoms with Crippen molar-refractivity contribution in [2.24, 2.45) is 5.73 Å². The standard InChI is InChI=1S/C28H23N7OS/c1-27(36)15-28(29,16-27)18-7-5-17(6-8-18)23-20(22-4-2-13-37-22)14-19-21(32-23)9-12-35-25(19)33-34-26(35)24-30-10-3-11-31-24/h2-14,36H,15-16,29H2,1H3/t27-,28-. The van der Waals surface area contributed by atoms with Crippen molar-refractivity contribution >= 4 is 27.9 Å². The highest BCUT2D eigenvalue weighted by Crippen LogP contribution is 2.46. The fourth-order valence-corrected chi connectivity index (χ4v) is 6.22. The molecule has 5 aromatic heterocycles. The molecule has 0 aliphatic heterocycles. The number of pyridine rings is 2. The number of hydrogen-bond acceptors (Lipinski definition) is 8. The molecule has 37 heavy (non-hydrogen) atoms. The van der Waals surface area contributed by atoms with Crippen LogP contribution in [0.2, 0.25) is 0 Å². The van der Waals surface area contributed by atoms with Crippen LogP contribution in [0.5, 0.6) is 0 Å². The number of fused-ring (bicyclic) bond motifs is 3. The molecule has 0 bridgehead atoms. The third-order valence-corrected chi connectivity index (χ3v) is 7.95. The van der Waals surface area contributed by atoms with Gasteiger partial charge in [-0.2, -0.15) is 0 Å². The van der Waals surface area contributed by atoms with Crippen molar-refractivity contribution in [3.63, 3.8) is 0 Å². The van der Waals surface area contributed by atoms with Crippen molar-refractivity contribution in [1.29, 1.82) is 0 Å². The van der Waals surface area contributed by atoms with Crippen LogP contribution >= 0.6 is 11.3 Å². The summed E-state index contributed by atoms with van der Waals surface area (Å²) >= 11 is 1.67. The molecule has 1 saturated carbocycles. The van der Waals surface area contributed by atoms with Gasteiger partial charge in [0.15, 0.2) is 11.5 Å². The summed E-state index contributed by atoms with van der Waals surface area (Å²) in [6.07, 6.45) is 6.40. The first kappa shape index (κ1) is 22.2. The fourth-order valence-electron chi connectivity index (χ4n) is 5.47. The van der Waals surface area contributed by atoms with E-state index in [0.717, 1.165) is 38.2 Å². The van der Waals surface area contributed by atoms with E-state index in [-0.39, 0.29) is 0 Å². The minimum atomic E-state index is -0.695. The van der Waals surface area contributed by atoms with Gasteiger partial charge >= 0.3 is 0 Å². The van der Waals surface area contributed by atoms with Crippen LogP contribution in [0.1, 0.15) is 25.3 Å². The van der Waals surface area contributed by atoms with Crippen LogP contribution in [0, 0.1) is 0 Å². The fraction of sp³-hybridized carbons (Fsp3) is 0.179. The number of rotatable bonds is 4. The summed E-state index contributed by atoms with van der Waals surface area (Å²) in [4.78, 5) is 14.9. The minimum absolute atomic E-state index is 0.491. The monoisotopic (exact) mass is 505 g/mol. The van der Waals surface area contributed by atoms with Crippen LogP contribution in [0.25, 0.3) is 49.9 Å². The molecule has 9 heteroatoms. The molecule has 5 heterocycles. The zero-order valence-corrected chi connectivity index (χ0v) is 20.9.